The quantitative estimate of drug-likeness (QED) is 0.477. The molecule has 16 heavy (non-hydrogen) atoms. The highest BCUT2D eigenvalue weighted by molar-refractivity contribution is 6.28. The van der Waals surface area contributed by atoms with Crippen molar-refractivity contribution in [3.05, 3.63) is 21.6 Å². The van der Waals surface area contributed by atoms with Gasteiger partial charge in [0.25, 0.3) is 5.88 Å². The summed E-state index contributed by atoms with van der Waals surface area (Å²) in [5, 5.41) is 18.8. The number of carbonyl (C=O) groups is 1. The number of rotatable bonds is 4. The number of halogens is 1. The number of hydrogen-bond donors (Lipinski definition) is 1. The van der Waals surface area contributed by atoms with E-state index in [1.165, 1.54) is 6.92 Å². The van der Waals surface area contributed by atoms with E-state index < -0.39 is 28.6 Å². The molecule has 0 amide bonds. The van der Waals surface area contributed by atoms with Crippen molar-refractivity contribution < 1.29 is 19.6 Å². The molecule has 0 spiro atoms. The summed E-state index contributed by atoms with van der Waals surface area (Å²) in [6.07, 6.45) is -0.427. The molecule has 0 saturated heterocycles. The van der Waals surface area contributed by atoms with E-state index in [1.54, 1.807) is 0 Å². The lowest BCUT2D eigenvalue weighted by Gasteiger charge is -2.08. The number of carboxylic acids is 1. The van der Waals surface area contributed by atoms with E-state index in [-0.39, 0.29) is 5.28 Å². The number of aliphatic carboxylic acids is 1. The molecule has 1 rings (SSSR count). The van der Waals surface area contributed by atoms with E-state index in [2.05, 4.69) is 9.97 Å². The molecule has 1 aromatic heterocycles. The Hall–Kier alpha value is -1.96. The third kappa shape index (κ3) is 2.76. The van der Waals surface area contributed by atoms with Gasteiger partial charge in [-0.15, -0.1) is 0 Å². The Balaban J connectivity index is 3.05. The van der Waals surface area contributed by atoms with Gasteiger partial charge in [0.1, 0.15) is 6.20 Å². The van der Waals surface area contributed by atoms with Crippen LogP contribution in [-0.2, 0) is 4.79 Å². The Morgan fingerprint density at radius 1 is 1.75 bits per heavy atom. The maximum Gasteiger partial charge on any atom is 0.349 e. The van der Waals surface area contributed by atoms with Gasteiger partial charge >= 0.3 is 11.7 Å². The van der Waals surface area contributed by atoms with Crippen LogP contribution in [0.4, 0.5) is 5.69 Å². The summed E-state index contributed by atoms with van der Waals surface area (Å²) in [5.74, 6) is -1.75. The minimum absolute atomic E-state index is 0.266. The molecule has 0 aliphatic heterocycles. The van der Waals surface area contributed by atoms with Crippen molar-refractivity contribution in [2.24, 2.45) is 0 Å². The molecule has 86 valence electrons. The number of nitro groups is 1. The fourth-order valence-electron chi connectivity index (χ4n) is 0.769. The predicted octanol–water partition coefficient (Wildman–Crippen LogP) is 0.890. The second kappa shape index (κ2) is 4.71. The van der Waals surface area contributed by atoms with E-state index in [4.69, 9.17) is 21.4 Å². The monoisotopic (exact) mass is 247 g/mol. The second-order valence-corrected chi connectivity index (χ2v) is 3.02. The number of hydrogen-bond acceptors (Lipinski definition) is 6. The number of aromatic nitrogens is 2. The molecule has 1 aromatic rings. The van der Waals surface area contributed by atoms with Crippen molar-refractivity contribution in [3.8, 4) is 5.88 Å². The maximum absolute atomic E-state index is 10.5. The first-order chi connectivity index (χ1) is 7.41. The standard InChI is InChI=1S/C7H6ClN3O5/c1-3(6(12)13)16-5-4(11(14)15)2-9-7(8)10-5/h2-3H,1H3,(H,12,13)/t3-/m1/s1. The summed E-state index contributed by atoms with van der Waals surface area (Å²) < 4.78 is 4.77. The van der Waals surface area contributed by atoms with Gasteiger partial charge in [-0.3, -0.25) is 10.1 Å². The van der Waals surface area contributed by atoms with Gasteiger partial charge < -0.3 is 9.84 Å². The predicted molar refractivity (Wildman–Crippen MR) is 51.4 cm³/mol. The highest BCUT2D eigenvalue weighted by atomic mass is 35.5. The first kappa shape index (κ1) is 12.1. The maximum atomic E-state index is 10.5. The topological polar surface area (TPSA) is 115 Å². The molecular weight excluding hydrogens is 242 g/mol. The summed E-state index contributed by atoms with van der Waals surface area (Å²) in [7, 11) is 0. The molecule has 0 unspecified atom stereocenters. The lowest BCUT2D eigenvalue weighted by molar-refractivity contribution is -0.386. The van der Waals surface area contributed by atoms with Gasteiger partial charge in [0.2, 0.25) is 5.28 Å². The Morgan fingerprint density at radius 2 is 2.38 bits per heavy atom. The Bertz CT molecular complexity index is 438. The first-order valence-corrected chi connectivity index (χ1v) is 4.36. The summed E-state index contributed by atoms with van der Waals surface area (Å²) >= 11 is 5.41. The van der Waals surface area contributed by atoms with Crippen LogP contribution in [0.15, 0.2) is 6.20 Å². The molecule has 9 heteroatoms. The Labute approximate surface area is 94.0 Å². The van der Waals surface area contributed by atoms with Gasteiger partial charge in [-0.2, -0.15) is 4.98 Å². The zero-order chi connectivity index (χ0) is 12.3. The molecule has 1 atom stereocenters. The highest BCUT2D eigenvalue weighted by Gasteiger charge is 2.23. The van der Waals surface area contributed by atoms with Gasteiger partial charge in [-0.05, 0) is 18.5 Å². The summed E-state index contributed by atoms with van der Waals surface area (Å²) in [5.41, 5.74) is -0.544. The van der Waals surface area contributed by atoms with Crippen molar-refractivity contribution in [2.75, 3.05) is 0 Å². The SMILES string of the molecule is C[C@@H](Oc1nc(Cl)ncc1[N+](=O)[O-])C(=O)O. The third-order valence-electron chi connectivity index (χ3n) is 1.54. The molecule has 0 aliphatic rings. The summed E-state index contributed by atoms with van der Waals surface area (Å²) in [4.78, 5) is 27.1. The van der Waals surface area contributed by atoms with Crippen molar-refractivity contribution in [1.82, 2.24) is 9.97 Å². The van der Waals surface area contributed by atoms with Gasteiger partial charge in [-0.25, -0.2) is 9.78 Å². The van der Waals surface area contributed by atoms with E-state index in [0.717, 1.165) is 6.20 Å². The van der Waals surface area contributed by atoms with Crippen LogP contribution in [0.25, 0.3) is 0 Å². The average molecular weight is 248 g/mol. The highest BCUT2D eigenvalue weighted by Crippen LogP contribution is 2.25. The molecule has 0 aromatic carbocycles. The van der Waals surface area contributed by atoms with Gasteiger partial charge in [0.15, 0.2) is 6.10 Å². The van der Waals surface area contributed by atoms with E-state index >= 15 is 0 Å². The van der Waals surface area contributed by atoms with Crippen LogP contribution >= 0.6 is 11.6 Å². The summed E-state index contributed by atoms with van der Waals surface area (Å²) in [6, 6.07) is 0. The van der Waals surface area contributed by atoms with Gasteiger partial charge in [0, 0.05) is 0 Å². The zero-order valence-electron chi connectivity index (χ0n) is 7.95. The molecule has 1 N–H and O–H groups in total. The van der Waals surface area contributed by atoms with Crippen molar-refractivity contribution in [2.45, 2.75) is 13.0 Å². The fraction of sp³-hybridized carbons (Fsp3) is 0.286. The number of carboxylic acid groups (broad SMARTS) is 1. The fourth-order valence-corrected chi connectivity index (χ4v) is 0.895. The molecule has 0 aliphatic carbocycles. The van der Waals surface area contributed by atoms with Gasteiger partial charge in [-0.1, -0.05) is 0 Å². The van der Waals surface area contributed by atoms with Crippen molar-refractivity contribution in [3.63, 3.8) is 0 Å². The zero-order valence-corrected chi connectivity index (χ0v) is 8.71. The van der Waals surface area contributed by atoms with Crippen LogP contribution < -0.4 is 4.74 Å². The summed E-state index contributed by atoms with van der Waals surface area (Å²) in [6.45, 7) is 1.21. The largest absolute Gasteiger partial charge is 0.479 e. The molecular formula is C7H6ClN3O5. The van der Waals surface area contributed by atoms with Crippen LogP contribution in [0.5, 0.6) is 5.88 Å². The molecule has 0 bridgehead atoms. The van der Waals surface area contributed by atoms with Crippen LogP contribution in [-0.4, -0.2) is 32.1 Å². The normalized spacial score (nSPS) is 11.9. The van der Waals surface area contributed by atoms with E-state index in [1.807, 2.05) is 0 Å². The lowest BCUT2D eigenvalue weighted by Crippen LogP contribution is -2.23. The van der Waals surface area contributed by atoms with Crippen LogP contribution in [0.1, 0.15) is 6.92 Å². The minimum atomic E-state index is -1.27. The smallest absolute Gasteiger partial charge is 0.349 e. The Morgan fingerprint density at radius 3 is 2.88 bits per heavy atom. The number of ether oxygens (including phenoxy) is 1. The van der Waals surface area contributed by atoms with Crippen molar-refractivity contribution >= 4 is 23.3 Å². The van der Waals surface area contributed by atoms with E-state index in [9.17, 15) is 14.9 Å². The van der Waals surface area contributed by atoms with Crippen molar-refractivity contribution in [1.29, 1.82) is 0 Å². The second-order valence-electron chi connectivity index (χ2n) is 2.68. The molecule has 8 nitrogen and oxygen atoms in total. The van der Waals surface area contributed by atoms with Gasteiger partial charge in [0.05, 0.1) is 4.92 Å². The van der Waals surface area contributed by atoms with Crippen LogP contribution in [0, 0.1) is 10.1 Å². The third-order valence-corrected chi connectivity index (χ3v) is 1.72. The molecule has 0 saturated carbocycles. The Kier molecular flexibility index (Phi) is 3.56. The number of nitrogens with zero attached hydrogens (tertiary/aromatic N) is 3. The van der Waals surface area contributed by atoms with E-state index in [0.29, 0.717) is 0 Å². The lowest BCUT2D eigenvalue weighted by atomic mass is 10.4. The average Bonchev–Trinajstić information content (AvgIpc) is 2.16. The van der Waals surface area contributed by atoms with Crippen LogP contribution in [0.3, 0.4) is 0 Å². The van der Waals surface area contributed by atoms with Crippen LogP contribution in [0.2, 0.25) is 5.28 Å². The first-order valence-electron chi connectivity index (χ1n) is 3.98. The molecule has 1 heterocycles. The molecule has 0 radical (unpaired) electrons. The minimum Gasteiger partial charge on any atom is -0.479 e. The molecule has 0 fully saturated rings.